The zero-order valence-electron chi connectivity index (χ0n) is 8.73. The summed E-state index contributed by atoms with van der Waals surface area (Å²) in [4.78, 5) is 4.32. The lowest BCUT2D eigenvalue weighted by Gasteiger charge is -2.01. The van der Waals surface area contributed by atoms with Gasteiger partial charge in [0.05, 0.1) is 12.0 Å². The third-order valence-electron chi connectivity index (χ3n) is 2.93. The summed E-state index contributed by atoms with van der Waals surface area (Å²) in [7, 11) is 0. The van der Waals surface area contributed by atoms with Gasteiger partial charge in [0, 0.05) is 30.3 Å². The fourth-order valence-corrected chi connectivity index (χ4v) is 2.22. The van der Waals surface area contributed by atoms with Crippen LogP contribution in [0.5, 0.6) is 0 Å². The van der Waals surface area contributed by atoms with Gasteiger partial charge in [-0.3, -0.25) is 0 Å². The number of aromatic nitrogens is 2. The lowest BCUT2D eigenvalue weighted by atomic mass is 10.1. The molecule has 16 heavy (non-hydrogen) atoms. The summed E-state index contributed by atoms with van der Waals surface area (Å²) in [5.74, 6) is -0.235. The van der Waals surface area contributed by atoms with Gasteiger partial charge in [0.2, 0.25) is 0 Å². The first kappa shape index (κ1) is 9.54. The lowest BCUT2D eigenvalue weighted by molar-refractivity contribution is 0.628. The summed E-state index contributed by atoms with van der Waals surface area (Å²) >= 11 is 0. The minimum Gasteiger partial charge on any atom is -0.332 e. The highest BCUT2D eigenvalue weighted by Gasteiger charge is 2.22. The van der Waals surface area contributed by atoms with Crippen molar-refractivity contribution < 1.29 is 4.39 Å². The van der Waals surface area contributed by atoms with Crippen LogP contribution in [0.1, 0.15) is 5.69 Å². The Morgan fingerprint density at radius 3 is 3.12 bits per heavy atom. The number of hydrogen-bond acceptors (Lipinski definition) is 2. The first-order valence-electron chi connectivity index (χ1n) is 5.29. The fourth-order valence-electron chi connectivity index (χ4n) is 2.22. The summed E-state index contributed by atoms with van der Waals surface area (Å²) < 4.78 is 15.2. The molecule has 0 aliphatic carbocycles. The number of imidazole rings is 1. The standard InChI is InChI=1S/C12H12FN3/c13-9-3-1-2-8(4-9)12-11-5-10(14)6-16(11)7-15-12/h1-4,7,10H,5-6,14H2. The van der Waals surface area contributed by atoms with E-state index in [1.807, 2.05) is 10.6 Å². The molecule has 1 aliphatic heterocycles. The summed E-state index contributed by atoms with van der Waals surface area (Å²) in [6.07, 6.45) is 2.59. The number of benzene rings is 1. The quantitative estimate of drug-likeness (QED) is 0.788. The van der Waals surface area contributed by atoms with Gasteiger partial charge in [0.15, 0.2) is 0 Å². The first-order valence-corrected chi connectivity index (χ1v) is 5.29. The molecule has 2 heterocycles. The van der Waals surface area contributed by atoms with E-state index < -0.39 is 0 Å². The molecule has 1 aromatic carbocycles. The van der Waals surface area contributed by atoms with Crippen molar-refractivity contribution in [2.45, 2.75) is 19.0 Å². The van der Waals surface area contributed by atoms with E-state index in [9.17, 15) is 4.39 Å². The van der Waals surface area contributed by atoms with Crippen molar-refractivity contribution in [1.29, 1.82) is 0 Å². The molecule has 3 nitrogen and oxygen atoms in total. The number of fused-ring (bicyclic) bond motifs is 1. The van der Waals surface area contributed by atoms with Gasteiger partial charge in [-0.1, -0.05) is 12.1 Å². The third kappa shape index (κ3) is 1.42. The van der Waals surface area contributed by atoms with Crippen molar-refractivity contribution in [3.63, 3.8) is 0 Å². The number of hydrogen-bond donors (Lipinski definition) is 1. The Morgan fingerprint density at radius 1 is 1.44 bits per heavy atom. The molecule has 0 spiro atoms. The van der Waals surface area contributed by atoms with Crippen LogP contribution in [0.15, 0.2) is 30.6 Å². The summed E-state index contributed by atoms with van der Waals surface area (Å²) in [6, 6.07) is 6.67. The largest absolute Gasteiger partial charge is 0.332 e. The van der Waals surface area contributed by atoms with Crippen LogP contribution < -0.4 is 5.73 Å². The second kappa shape index (κ2) is 3.42. The lowest BCUT2D eigenvalue weighted by Crippen LogP contribution is -2.20. The predicted octanol–water partition coefficient (Wildman–Crippen LogP) is 1.57. The normalized spacial score (nSPS) is 18.8. The molecule has 0 bridgehead atoms. The molecule has 82 valence electrons. The zero-order valence-corrected chi connectivity index (χ0v) is 8.73. The summed E-state index contributed by atoms with van der Waals surface area (Å²) in [5, 5.41) is 0. The van der Waals surface area contributed by atoms with E-state index in [4.69, 9.17) is 5.73 Å². The highest BCUT2D eigenvalue weighted by Crippen LogP contribution is 2.27. The topological polar surface area (TPSA) is 43.8 Å². The highest BCUT2D eigenvalue weighted by molar-refractivity contribution is 5.62. The molecule has 4 heteroatoms. The third-order valence-corrected chi connectivity index (χ3v) is 2.93. The van der Waals surface area contributed by atoms with Gasteiger partial charge in [-0.25, -0.2) is 9.37 Å². The SMILES string of the molecule is NC1Cc2c(-c3cccc(F)c3)ncn2C1. The van der Waals surface area contributed by atoms with Crippen LogP contribution in [-0.2, 0) is 13.0 Å². The van der Waals surface area contributed by atoms with E-state index in [1.165, 1.54) is 12.1 Å². The van der Waals surface area contributed by atoms with E-state index in [1.54, 1.807) is 12.4 Å². The minimum absolute atomic E-state index is 0.158. The molecule has 1 atom stereocenters. The maximum Gasteiger partial charge on any atom is 0.123 e. The molecule has 0 saturated heterocycles. The van der Waals surface area contributed by atoms with Crippen LogP contribution >= 0.6 is 0 Å². The molecular weight excluding hydrogens is 205 g/mol. The molecule has 3 rings (SSSR count). The molecular formula is C12H12FN3. The van der Waals surface area contributed by atoms with Crippen LogP contribution in [0, 0.1) is 5.82 Å². The van der Waals surface area contributed by atoms with Gasteiger partial charge in [-0.2, -0.15) is 0 Å². The Morgan fingerprint density at radius 2 is 2.31 bits per heavy atom. The van der Waals surface area contributed by atoms with Crippen molar-refractivity contribution in [3.05, 3.63) is 42.1 Å². The first-order chi connectivity index (χ1) is 7.74. The smallest absolute Gasteiger partial charge is 0.123 e. The Bertz CT molecular complexity index is 533. The van der Waals surface area contributed by atoms with Crippen molar-refractivity contribution >= 4 is 0 Å². The number of rotatable bonds is 1. The van der Waals surface area contributed by atoms with E-state index in [0.717, 1.165) is 29.9 Å². The average Bonchev–Trinajstić information content (AvgIpc) is 2.76. The van der Waals surface area contributed by atoms with Crippen molar-refractivity contribution in [3.8, 4) is 11.3 Å². The monoisotopic (exact) mass is 217 g/mol. The minimum atomic E-state index is -0.235. The summed E-state index contributed by atoms with van der Waals surface area (Å²) in [6.45, 7) is 0.803. The summed E-state index contributed by atoms with van der Waals surface area (Å²) in [5.41, 5.74) is 8.67. The molecule has 2 N–H and O–H groups in total. The fraction of sp³-hybridized carbons (Fsp3) is 0.250. The van der Waals surface area contributed by atoms with Gasteiger partial charge in [0.1, 0.15) is 5.82 Å². The van der Waals surface area contributed by atoms with Crippen LogP contribution in [0.4, 0.5) is 4.39 Å². The number of nitrogens with two attached hydrogens (primary N) is 1. The van der Waals surface area contributed by atoms with Crippen LogP contribution in [0.3, 0.4) is 0 Å². The van der Waals surface area contributed by atoms with E-state index >= 15 is 0 Å². The van der Waals surface area contributed by atoms with Gasteiger partial charge in [0.25, 0.3) is 0 Å². The Balaban J connectivity index is 2.08. The average molecular weight is 217 g/mol. The van der Waals surface area contributed by atoms with Gasteiger partial charge in [-0.15, -0.1) is 0 Å². The molecule has 1 aromatic heterocycles. The Kier molecular flexibility index (Phi) is 2.04. The van der Waals surface area contributed by atoms with Crippen LogP contribution in [0.25, 0.3) is 11.3 Å². The number of nitrogens with zero attached hydrogens (tertiary/aromatic N) is 2. The van der Waals surface area contributed by atoms with E-state index in [0.29, 0.717) is 0 Å². The molecule has 0 saturated carbocycles. The predicted molar refractivity (Wildman–Crippen MR) is 59.3 cm³/mol. The maximum atomic E-state index is 13.1. The van der Waals surface area contributed by atoms with Crippen LogP contribution in [-0.4, -0.2) is 15.6 Å². The van der Waals surface area contributed by atoms with Gasteiger partial charge in [-0.05, 0) is 12.1 Å². The molecule has 0 amide bonds. The Hall–Kier alpha value is -1.68. The highest BCUT2D eigenvalue weighted by atomic mass is 19.1. The molecule has 0 fully saturated rings. The van der Waals surface area contributed by atoms with Gasteiger partial charge < -0.3 is 10.3 Å². The molecule has 2 aromatic rings. The molecule has 0 radical (unpaired) electrons. The Labute approximate surface area is 92.7 Å². The second-order valence-corrected chi connectivity index (χ2v) is 4.17. The van der Waals surface area contributed by atoms with E-state index in [2.05, 4.69) is 4.98 Å². The second-order valence-electron chi connectivity index (χ2n) is 4.17. The molecule has 1 aliphatic rings. The van der Waals surface area contributed by atoms with Crippen molar-refractivity contribution in [2.75, 3.05) is 0 Å². The molecule has 1 unspecified atom stereocenters. The maximum absolute atomic E-state index is 13.1. The van der Waals surface area contributed by atoms with Gasteiger partial charge >= 0.3 is 0 Å². The zero-order chi connectivity index (χ0) is 11.1. The van der Waals surface area contributed by atoms with Crippen molar-refractivity contribution in [1.82, 2.24) is 9.55 Å². The number of halogens is 1. The van der Waals surface area contributed by atoms with Crippen molar-refractivity contribution in [2.24, 2.45) is 5.73 Å². The van der Waals surface area contributed by atoms with E-state index in [-0.39, 0.29) is 11.9 Å². The van der Waals surface area contributed by atoms with Crippen LogP contribution in [0.2, 0.25) is 0 Å².